The van der Waals surface area contributed by atoms with Crippen LogP contribution in [0.1, 0.15) is 47.0 Å². The number of carbonyl (C=O) groups excluding carboxylic acids is 4. The maximum absolute atomic E-state index is 13.9. The highest BCUT2D eigenvalue weighted by molar-refractivity contribution is 5.78. The van der Waals surface area contributed by atoms with E-state index in [0.717, 1.165) is 27.7 Å². The molecule has 0 bridgehead atoms. The Bertz CT molecular complexity index is 3010. The van der Waals surface area contributed by atoms with E-state index >= 15 is 0 Å². The minimum Gasteiger partial charge on any atom is -0.477 e. The Kier molecular flexibility index (Phi) is 31.4. The molecule has 7 saturated heterocycles. The van der Waals surface area contributed by atoms with Crippen molar-refractivity contribution in [2.75, 3.05) is 46.2 Å². The number of carboxylic acid groups (broad SMARTS) is 3. The fraction of sp³-hybridized carbons (Fsp3) is 0.881. The summed E-state index contributed by atoms with van der Waals surface area (Å²) in [5, 5.41) is 284. The second-order valence-electron chi connectivity index (χ2n) is 26.9. The highest BCUT2D eigenvalue weighted by atomic mass is 16.8. The molecule has 622 valence electrons. The molecule has 7 aliphatic rings. The first-order chi connectivity index (χ1) is 50.5. The monoisotopic (exact) mass is 1580 g/mol. The van der Waals surface area contributed by atoms with Crippen molar-refractivity contribution in [2.24, 2.45) is 0 Å². The minimum atomic E-state index is -3.60. The standard InChI is InChI=1S/C59H96N4O45/c1-15(69)60-29-19(73)5-57(54(90)91,105-46(29)33(79)22(76)8-64)96-13-27-36(82)38(84)41(87)52(101-27)104-45-32(63-18(4)72)51(100-28(37(45)83)14-97-58(55(92)93)6-20(74)30(61-16(2)70)47(106-58)34(80)23(77)9-65)103-44-26(12-68)99-53(102-43-25(11-67)98-50(89)40(86)39(43)85)42(88)49(44)108-59(56(94)95)7-21(75)31(62-17(3)71)48(107-59)35(81)24(78)10-66/h19-53,64-68,73-89H,5-14H2,1-4H3,(H,60,69)(H,61,70)(H,62,71)(H,63,72)(H,90,91)(H,92,93)(H,94,95)/t19-,20-,21-,22+,23+,24+,25+,26+,27+,28+,29+,30+,31+,32+,33+,34+,35+,36-,37-,38-,39+,40+,41+,42+,43+,44-,45+,46+,47+,48+,49+,50+,51-,52-,53-,57+,58+,59-/m0/s1. The summed E-state index contributed by atoms with van der Waals surface area (Å²) >= 11 is 0. The third-order valence-corrected chi connectivity index (χ3v) is 19.1. The van der Waals surface area contributed by atoms with Gasteiger partial charge in [-0.25, -0.2) is 14.4 Å². The molecule has 7 fully saturated rings. The zero-order chi connectivity index (χ0) is 80.8. The van der Waals surface area contributed by atoms with Crippen LogP contribution in [0.3, 0.4) is 0 Å². The summed E-state index contributed by atoms with van der Waals surface area (Å²) in [6.45, 7) is -5.81. The topological polar surface area (TPSA) is 793 Å². The summed E-state index contributed by atoms with van der Waals surface area (Å²) in [5.41, 5.74) is 0. The van der Waals surface area contributed by atoms with Crippen molar-refractivity contribution in [2.45, 2.75) is 278 Å². The van der Waals surface area contributed by atoms with Crippen LogP contribution in [-0.2, 0) is 95.1 Å². The normalized spacial score (nSPS) is 43.4. The van der Waals surface area contributed by atoms with E-state index in [0.29, 0.717) is 0 Å². The van der Waals surface area contributed by atoms with E-state index in [1.54, 1.807) is 0 Å². The van der Waals surface area contributed by atoms with E-state index < -0.39 is 339 Å². The number of aliphatic hydroxyl groups excluding tert-OH is 22. The zero-order valence-electron chi connectivity index (χ0n) is 57.6. The van der Waals surface area contributed by atoms with Gasteiger partial charge in [-0.3, -0.25) is 19.2 Å². The van der Waals surface area contributed by atoms with Crippen molar-refractivity contribution in [3.05, 3.63) is 0 Å². The fourth-order valence-corrected chi connectivity index (χ4v) is 13.5. The molecule has 7 rings (SSSR count). The molecule has 7 heterocycles. The van der Waals surface area contributed by atoms with Crippen LogP contribution < -0.4 is 21.3 Å². The molecule has 49 heteroatoms. The first-order valence-electron chi connectivity index (χ1n) is 33.5. The zero-order valence-corrected chi connectivity index (χ0v) is 57.6. The second kappa shape index (κ2) is 37.7. The van der Waals surface area contributed by atoms with Gasteiger partial charge in [0.05, 0.1) is 82.7 Å². The highest BCUT2D eigenvalue weighted by Gasteiger charge is 2.64. The third-order valence-electron chi connectivity index (χ3n) is 19.1. The molecule has 0 spiro atoms. The number of amides is 4. The van der Waals surface area contributed by atoms with Gasteiger partial charge >= 0.3 is 17.9 Å². The molecule has 108 heavy (non-hydrogen) atoms. The van der Waals surface area contributed by atoms with Gasteiger partial charge in [0, 0.05) is 47.0 Å². The van der Waals surface area contributed by atoms with Gasteiger partial charge in [-0.15, -0.1) is 0 Å². The lowest BCUT2D eigenvalue weighted by molar-refractivity contribution is -0.404. The van der Waals surface area contributed by atoms with Gasteiger partial charge in [-0.05, 0) is 0 Å². The van der Waals surface area contributed by atoms with E-state index in [9.17, 15) is 161 Å². The number of ether oxygens (including phenoxy) is 13. The second-order valence-corrected chi connectivity index (χ2v) is 26.9. The largest absolute Gasteiger partial charge is 0.477 e. The van der Waals surface area contributed by atoms with Crippen LogP contribution in [0.4, 0.5) is 0 Å². The molecule has 0 aromatic rings. The average Bonchev–Trinajstić information content (AvgIpc) is 0.756. The van der Waals surface area contributed by atoms with Crippen LogP contribution in [0.15, 0.2) is 0 Å². The number of hydrogen-bond donors (Lipinski definition) is 29. The molecule has 49 nitrogen and oxygen atoms in total. The van der Waals surface area contributed by atoms with Gasteiger partial charge in [0.15, 0.2) is 25.2 Å². The van der Waals surface area contributed by atoms with E-state index in [1.165, 1.54) is 0 Å². The number of carboxylic acids is 3. The summed E-state index contributed by atoms with van der Waals surface area (Å²) in [4.78, 5) is 91.3. The fourth-order valence-electron chi connectivity index (χ4n) is 13.5. The molecule has 0 radical (unpaired) electrons. The first kappa shape index (κ1) is 90.1. The highest BCUT2D eigenvalue weighted by Crippen LogP contribution is 2.43. The Balaban J connectivity index is 1.37. The van der Waals surface area contributed by atoms with E-state index in [2.05, 4.69) is 21.3 Å². The molecular weight excluding hydrogens is 1480 g/mol. The first-order valence-corrected chi connectivity index (χ1v) is 33.5. The number of rotatable bonds is 32. The number of aliphatic carboxylic acids is 3. The Morgan fingerprint density at radius 2 is 0.722 bits per heavy atom. The average molecular weight is 1580 g/mol. The van der Waals surface area contributed by atoms with Crippen LogP contribution >= 0.6 is 0 Å². The Hall–Kier alpha value is -5.11. The van der Waals surface area contributed by atoms with E-state index in [1.807, 2.05) is 0 Å². The van der Waals surface area contributed by atoms with Gasteiger partial charge in [-0.1, -0.05) is 0 Å². The predicted molar refractivity (Wildman–Crippen MR) is 330 cm³/mol. The number of aliphatic hydroxyl groups is 22. The molecule has 0 saturated carbocycles. The molecule has 0 aromatic carbocycles. The van der Waals surface area contributed by atoms with E-state index in [4.69, 9.17) is 61.6 Å². The lowest BCUT2D eigenvalue weighted by atomic mass is 9.88. The summed E-state index contributed by atoms with van der Waals surface area (Å²) in [7, 11) is 0. The minimum absolute atomic E-state index is 0.769. The SMILES string of the molecule is CC(=O)N[C@H]1[C@H](O[C@@H]2[C@H](O[C@]3(C(=O)O)C[C@H](O)[C@@H](NC(C)=O)[C@H]([C@H](O)[C@H](O)CO)O3)[C@@H](O)[C@H](O[C@H]3[C@H](O)[C@@H](O)[C@H](O)O[C@@H]3CO)O[C@@H]2CO)O[C@H](CO[C@]2(C(=O)O)C[C@H](O)[C@@H](NC(C)=O)[C@H]([C@H](O)[C@H](O)CO)O2)[C@H](O)[C@@H]1O[C@@H]1O[C@H](CO[C@]2(C(=O)O)C[C@H](O)[C@@H](NC(C)=O)[C@H]([C@H](O)[C@H](O)CO)O2)[C@H](O)[C@H](O)[C@H]1O. The summed E-state index contributed by atoms with van der Waals surface area (Å²) < 4.78 is 76.2. The molecule has 7 aliphatic heterocycles. The predicted octanol–water partition coefficient (Wildman–Crippen LogP) is -18.1. The maximum Gasteiger partial charge on any atom is 0.364 e. The molecule has 4 amide bonds. The number of nitrogens with one attached hydrogen (secondary N) is 4. The third kappa shape index (κ3) is 19.7. The van der Waals surface area contributed by atoms with Crippen molar-refractivity contribution in [1.29, 1.82) is 0 Å². The van der Waals surface area contributed by atoms with Gasteiger partial charge in [0.1, 0.15) is 153 Å². The van der Waals surface area contributed by atoms with Crippen LogP contribution in [0.2, 0.25) is 0 Å². The van der Waals surface area contributed by atoms with Crippen molar-refractivity contribution in [1.82, 2.24) is 21.3 Å². The van der Waals surface area contributed by atoms with Crippen LogP contribution in [0.5, 0.6) is 0 Å². The quantitative estimate of drug-likeness (QED) is 0.0297. The van der Waals surface area contributed by atoms with Crippen molar-refractivity contribution in [3.63, 3.8) is 0 Å². The molecule has 0 unspecified atom stereocenters. The molecule has 0 aliphatic carbocycles. The number of carbonyl (C=O) groups is 7. The lowest BCUT2D eigenvalue weighted by Gasteiger charge is -2.53. The van der Waals surface area contributed by atoms with Gasteiger partial charge in [0.25, 0.3) is 17.4 Å². The molecule has 38 atom stereocenters. The van der Waals surface area contributed by atoms with Gasteiger partial charge in [0.2, 0.25) is 23.6 Å². The summed E-state index contributed by atoms with van der Waals surface area (Å²) in [6.07, 6.45) is -77.5. The van der Waals surface area contributed by atoms with Gasteiger partial charge in [-0.2, -0.15) is 0 Å². The van der Waals surface area contributed by atoms with Gasteiger partial charge < -0.3 is 211 Å². The van der Waals surface area contributed by atoms with Crippen molar-refractivity contribution >= 4 is 41.5 Å². The molecular formula is C59H96N4O45. The summed E-state index contributed by atoms with van der Waals surface area (Å²) in [5.74, 6) is -20.8. The Labute approximate surface area is 609 Å². The summed E-state index contributed by atoms with van der Waals surface area (Å²) in [6, 6.07) is -7.86. The maximum atomic E-state index is 13.9. The number of hydrogen-bond acceptors (Lipinski definition) is 42. The smallest absolute Gasteiger partial charge is 0.364 e. The molecule has 29 N–H and O–H groups in total. The molecule has 0 aromatic heterocycles. The lowest BCUT2D eigenvalue weighted by Crippen LogP contribution is -2.72. The van der Waals surface area contributed by atoms with Crippen molar-refractivity contribution in [3.8, 4) is 0 Å². The van der Waals surface area contributed by atoms with Crippen LogP contribution in [-0.4, -0.2) is 447 Å². The van der Waals surface area contributed by atoms with Crippen molar-refractivity contribution < 1.29 is 223 Å². The van der Waals surface area contributed by atoms with Crippen LogP contribution in [0.25, 0.3) is 0 Å². The Morgan fingerprint density at radius 3 is 1.12 bits per heavy atom. The van der Waals surface area contributed by atoms with Crippen LogP contribution in [0, 0.1) is 0 Å². The van der Waals surface area contributed by atoms with E-state index in [-0.39, 0.29) is 0 Å². The Morgan fingerprint density at radius 1 is 0.380 bits per heavy atom.